The molecule has 6 nitrogen and oxygen atoms in total. The highest BCUT2D eigenvalue weighted by atomic mass is 16.6. The van der Waals surface area contributed by atoms with Gasteiger partial charge in [-0.3, -0.25) is 14.4 Å². The minimum Gasteiger partial charge on any atom is -0.462 e. The molecule has 0 aliphatic rings. The Bertz CT molecular complexity index is 1370. The molecule has 0 aromatic rings. The summed E-state index contributed by atoms with van der Waals surface area (Å²) < 4.78 is 16.9. The third kappa shape index (κ3) is 59.7. The molecule has 0 saturated heterocycles. The summed E-state index contributed by atoms with van der Waals surface area (Å²) in [6, 6.07) is 0. The van der Waals surface area contributed by atoms with Gasteiger partial charge in [0.05, 0.1) is 0 Å². The molecule has 0 spiro atoms. The van der Waals surface area contributed by atoms with Gasteiger partial charge in [0.2, 0.25) is 0 Å². The predicted molar refractivity (Wildman–Crippen MR) is 321 cm³/mol. The molecule has 74 heavy (non-hydrogen) atoms. The maximum atomic E-state index is 12.9. The molecule has 0 aromatic carbocycles. The molecular weight excluding hydrogens is 913 g/mol. The summed E-state index contributed by atoms with van der Waals surface area (Å²) in [6.07, 6.45) is 80.4. The van der Waals surface area contributed by atoms with E-state index in [1.165, 1.54) is 180 Å². The molecule has 1 atom stereocenters. The molecule has 0 aliphatic carbocycles. The van der Waals surface area contributed by atoms with Gasteiger partial charge >= 0.3 is 17.9 Å². The average Bonchev–Trinajstić information content (AvgIpc) is 3.40. The van der Waals surface area contributed by atoms with Crippen molar-refractivity contribution in [3.63, 3.8) is 0 Å². The topological polar surface area (TPSA) is 78.9 Å². The fraction of sp³-hybridized carbons (Fsp3) is 0.779. The predicted octanol–water partition coefficient (Wildman–Crippen LogP) is 21.7. The molecule has 1 unspecified atom stereocenters. The molecule has 0 aromatic heterocycles. The van der Waals surface area contributed by atoms with Crippen LogP contribution >= 0.6 is 0 Å². The van der Waals surface area contributed by atoms with E-state index in [0.717, 1.165) is 103 Å². The quantitative estimate of drug-likeness (QED) is 0.0261. The van der Waals surface area contributed by atoms with Gasteiger partial charge in [-0.25, -0.2) is 0 Å². The van der Waals surface area contributed by atoms with Crippen molar-refractivity contribution >= 4 is 17.9 Å². The van der Waals surface area contributed by atoms with Crippen molar-refractivity contribution in [1.29, 1.82) is 0 Å². The third-order valence-corrected chi connectivity index (χ3v) is 14.0. The molecule has 428 valence electrons. The van der Waals surface area contributed by atoms with E-state index in [2.05, 4.69) is 93.7 Å². The summed E-state index contributed by atoms with van der Waals surface area (Å²) >= 11 is 0. The zero-order valence-electron chi connectivity index (χ0n) is 49.1. The summed E-state index contributed by atoms with van der Waals surface area (Å²) in [7, 11) is 0. The van der Waals surface area contributed by atoms with Crippen LogP contribution in [0.3, 0.4) is 0 Å². The molecule has 0 bridgehead atoms. The van der Waals surface area contributed by atoms with E-state index in [1.807, 2.05) is 0 Å². The van der Waals surface area contributed by atoms with Gasteiger partial charge in [-0.1, -0.05) is 306 Å². The molecule has 0 aliphatic heterocycles. The highest BCUT2D eigenvalue weighted by molar-refractivity contribution is 5.71. The lowest BCUT2D eigenvalue weighted by molar-refractivity contribution is -0.167. The second kappa shape index (κ2) is 62.4. The standard InChI is InChI=1S/C68H120O6/c1-4-7-10-13-16-19-22-25-28-29-30-31-32-33-34-35-36-37-38-39-41-43-46-49-52-55-58-61-67(70)73-64-65(63-72-66(69)60-57-54-51-48-45-42-27-24-21-18-15-12-9-6-3)74-68(71)62-59-56-53-50-47-44-40-26-23-20-17-14-11-8-5-2/h7,10,16,19,25,28,30-31,33-34,36-37,65H,4-6,8-9,11-15,17-18,20-24,26-27,29,32,35,38-64H2,1-3H3/b10-7-,19-16-,28-25-,31-30-,34-33-,37-36-. The molecule has 0 amide bonds. The number of allylic oxidation sites excluding steroid dienone is 12. The highest BCUT2D eigenvalue weighted by Crippen LogP contribution is 2.17. The van der Waals surface area contributed by atoms with Crippen LogP contribution in [0.25, 0.3) is 0 Å². The number of esters is 3. The van der Waals surface area contributed by atoms with E-state index in [4.69, 9.17) is 14.2 Å². The summed E-state index contributed by atoms with van der Waals surface area (Å²) in [4.78, 5) is 38.3. The summed E-state index contributed by atoms with van der Waals surface area (Å²) in [5, 5.41) is 0. The third-order valence-electron chi connectivity index (χ3n) is 14.0. The minimum atomic E-state index is -0.775. The number of ether oxygens (including phenoxy) is 3. The SMILES string of the molecule is CC/C=C\C/C=C\C/C=C\C/C=C\C/C=C\C/C=C\CCCCCCCCCCC(=O)OCC(COC(=O)CCCCCCCCCCCCCCCC)OC(=O)CCCCCCCCCCCCCCCCC. The Morgan fingerprint density at radius 2 is 0.527 bits per heavy atom. The van der Waals surface area contributed by atoms with Crippen molar-refractivity contribution < 1.29 is 28.6 Å². The van der Waals surface area contributed by atoms with Crippen molar-refractivity contribution in [2.24, 2.45) is 0 Å². The number of carbonyl (C=O) groups is 3. The second-order valence-corrected chi connectivity index (χ2v) is 21.3. The lowest BCUT2D eigenvalue weighted by Crippen LogP contribution is -2.30. The van der Waals surface area contributed by atoms with Crippen LogP contribution in [0.1, 0.15) is 323 Å². The lowest BCUT2D eigenvalue weighted by atomic mass is 10.0. The first-order valence-electron chi connectivity index (χ1n) is 31.9. The Labute approximate surface area is 459 Å². The van der Waals surface area contributed by atoms with Crippen LogP contribution in [0.4, 0.5) is 0 Å². The number of unbranched alkanes of at least 4 members (excludes halogenated alkanes) is 35. The van der Waals surface area contributed by atoms with Crippen LogP contribution < -0.4 is 0 Å². The zero-order chi connectivity index (χ0) is 53.6. The Morgan fingerprint density at radius 1 is 0.284 bits per heavy atom. The van der Waals surface area contributed by atoms with Crippen molar-refractivity contribution in [3.05, 3.63) is 72.9 Å². The van der Waals surface area contributed by atoms with Gasteiger partial charge in [0, 0.05) is 19.3 Å². The van der Waals surface area contributed by atoms with E-state index in [0.29, 0.717) is 19.3 Å². The Kier molecular flexibility index (Phi) is 59.7. The first-order valence-corrected chi connectivity index (χ1v) is 31.9. The van der Waals surface area contributed by atoms with Gasteiger partial charge in [-0.2, -0.15) is 0 Å². The van der Waals surface area contributed by atoms with Gasteiger partial charge in [-0.15, -0.1) is 0 Å². The largest absolute Gasteiger partial charge is 0.462 e. The van der Waals surface area contributed by atoms with Gasteiger partial charge in [0.15, 0.2) is 6.10 Å². The van der Waals surface area contributed by atoms with E-state index < -0.39 is 6.10 Å². The lowest BCUT2D eigenvalue weighted by Gasteiger charge is -2.18. The van der Waals surface area contributed by atoms with E-state index in [1.54, 1.807) is 0 Å². The van der Waals surface area contributed by atoms with Crippen LogP contribution in [0, 0.1) is 0 Å². The molecule has 0 heterocycles. The number of hydrogen-bond donors (Lipinski definition) is 0. The fourth-order valence-corrected chi connectivity index (χ4v) is 9.21. The molecular formula is C68H120O6. The van der Waals surface area contributed by atoms with Crippen LogP contribution in [0.2, 0.25) is 0 Å². The van der Waals surface area contributed by atoms with Crippen molar-refractivity contribution in [2.75, 3.05) is 13.2 Å². The summed E-state index contributed by atoms with van der Waals surface area (Å²) in [5.74, 6) is -0.863. The highest BCUT2D eigenvalue weighted by Gasteiger charge is 2.19. The first kappa shape index (κ1) is 70.8. The molecule has 6 heteroatoms. The fourth-order valence-electron chi connectivity index (χ4n) is 9.21. The molecule has 0 rings (SSSR count). The number of hydrogen-bond acceptors (Lipinski definition) is 6. The first-order chi connectivity index (χ1) is 36.5. The van der Waals surface area contributed by atoms with Crippen LogP contribution in [0.15, 0.2) is 72.9 Å². The van der Waals surface area contributed by atoms with Crippen molar-refractivity contribution in [3.8, 4) is 0 Å². The Hall–Kier alpha value is -3.15. The summed E-state index contributed by atoms with van der Waals surface area (Å²) in [6.45, 7) is 6.56. The molecule has 0 N–H and O–H groups in total. The van der Waals surface area contributed by atoms with Gasteiger partial charge in [0.25, 0.3) is 0 Å². The number of carbonyl (C=O) groups excluding carboxylic acids is 3. The van der Waals surface area contributed by atoms with Crippen LogP contribution in [-0.2, 0) is 28.6 Å². The normalized spacial score (nSPS) is 12.5. The molecule has 0 saturated carbocycles. The van der Waals surface area contributed by atoms with E-state index >= 15 is 0 Å². The second-order valence-electron chi connectivity index (χ2n) is 21.3. The summed E-state index contributed by atoms with van der Waals surface area (Å²) in [5.41, 5.74) is 0. The van der Waals surface area contributed by atoms with Gasteiger partial charge < -0.3 is 14.2 Å². The zero-order valence-corrected chi connectivity index (χ0v) is 49.1. The maximum Gasteiger partial charge on any atom is 0.306 e. The Balaban J connectivity index is 4.29. The van der Waals surface area contributed by atoms with E-state index in [9.17, 15) is 14.4 Å². The molecule has 0 radical (unpaired) electrons. The Morgan fingerprint density at radius 3 is 0.824 bits per heavy atom. The monoisotopic (exact) mass is 1030 g/mol. The van der Waals surface area contributed by atoms with E-state index in [-0.39, 0.29) is 31.1 Å². The van der Waals surface area contributed by atoms with Crippen molar-refractivity contribution in [2.45, 2.75) is 329 Å². The smallest absolute Gasteiger partial charge is 0.306 e. The van der Waals surface area contributed by atoms with Crippen LogP contribution in [0.5, 0.6) is 0 Å². The van der Waals surface area contributed by atoms with Crippen molar-refractivity contribution in [1.82, 2.24) is 0 Å². The molecule has 0 fully saturated rings. The van der Waals surface area contributed by atoms with Gasteiger partial charge in [0.1, 0.15) is 13.2 Å². The number of rotatable bonds is 58. The van der Waals surface area contributed by atoms with Crippen LogP contribution in [-0.4, -0.2) is 37.2 Å². The maximum absolute atomic E-state index is 12.9. The average molecular weight is 1030 g/mol. The minimum absolute atomic E-state index is 0.0727. The van der Waals surface area contributed by atoms with Gasteiger partial charge in [-0.05, 0) is 70.6 Å².